The molecule has 4 rings (SSSR count). The number of carbonyl (C=O) groups excluding carboxylic acids is 2. The molecule has 1 fully saturated rings. The minimum Gasteiger partial charge on any atom is -0.356 e. The van der Waals surface area contributed by atoms with E-state index in [0.29, 0.717) is 43.7 Å². The average Bonchev–Trinajstić information content (AvgIpc) is 2.87. The van der Waals surface area contributed by atoms with Crippen molar-refractivity contribution in [1.29, 1.82) is 0 Å². The smallest absolute Gasteiger partial charge is 0.261 e. The molecule has 0 unspecified atom stereocenters. The summed E-state index contributed by atoms with van der Waals surface area (Å²) in [7, 11) is -3.70. The van der Waals surface area contributed by atoms with Crippen LogP contribution in [0.15, 0.2) is 47.4 Å². The van der Waals surface area contributed by atoms with Crippen LogP contribution in [0.4, 0.5) is 5.69 Å². The van der Waals surface area contributed by atoms with Crippen LogP contribution in [0.25, 0.3) is 0 Å². The first-order valence-corrected chi connectivity index (χ1v) is 13.7. The number of likely N-dealkylation sites (tertiary alicyclic amines) is 1. The molecule has 1 heterocycles. The highest BCUT2D eigenvalue weighted by Gasteiger charge is 2.27. The van der Waals surface area contributed by atoms with Gasteiger partial charge < -0.3 is 10.2 Å². The van der Waals surface area contributed by atoms with Gasteiger partial charge in [-0.05, 0) is 92.5 Å². The van der Waals surface area contributed by atoms with Crippen LogP contribution in [0, 0.1) is 5.92 Å². The van der Waals surface area contributed by atoms with Crippen LogP contribution in [0.1, 0.15) is 60.5 Å². The van der Waals surface area contributed by atoms with Crippen molar-refractivity contribution < 1.29 is 18.0 Å². The van der Waals surface area contributed by atoms with Crippen molar-refractivity contribution in [3.8, 4) is 0 Å². The molecule has 0 bridgehead atoms. The number of aryl methyl sites for hydroxylation is 2. The van der Waals surface area contributed by atoms with Gasteiger partial charge >= 0.3 is 0 Å². The number of nitrogens with one attached hydrogen (secondary N) is 2. The Morgan fingerprint density at radius 3 is 2.32 bits per heavy atom. The van der Waals surface area contributed by atoms with Gasteiger partial charge in [0, 0.05) is 36.8 Å². The van der Waals surface area contributed by atoms with E-state index in [2.05, 4.69) is 10.0 Å². The number of benzene rings is 2. The molecule has 1 saturated heterocycles. The van der Waals surface area contributed by atoms with Gasteiger partial charge in [0.2, 0.25) is 5.91 Å². The van der Waals surface area contributed by atoms with Gasteiger partial charge in [-0.1, -0.05) is 13.0 Å². The van der Waals surface area contributed by atoms with Gasteiger partial charge in [-0.3, -0.25) is 14.3 Å². The van der Waals surface area contributed by atoms with E-state index >= 15 is 0 Å². The molecule has 7 nitrogen and oxygen atoms in total. The first-order valence-electron chi connectivity index (χ1n) is 12.2. The van der Waals surface area contributed by atoms with Gasteiger partial charge in [0.1, 0.15) is 0 Å². The first-order chi connectivity index (χ1) is 16.4. The SMILES string of the molecule is CCCNC(=O)C1CCN(C(=O)c2ccc(NS(=O)(=O)c3ccc4c(c3)CCCC4)cc2)CC1. The maximum absolute atomic E-state index is 12.9. The number of rotatable bonds is 7. The molecule has 182 valence electrons. The summed E-state index contributed by atoms with van der Waals surface area (Å²) in [6.45, 7) is 3.78. The quantitative estimate of drug-likeness (QED) is 0.627. The van der Waals surface area contributed by atoms with E-state index in [4.69, 9.17) is 0 Å². The van der Waals surface area contributed by atoms with Crippen LogP contribution in [0.3, 0.4) is 0 Å². The molecule has 2 aromatic carbocycles. The Morgan fingerprint density at radius 2 is 1.65 bits per heavy atom. The Hall–Kier alpha value is -2.87. The molecule has 2 aliphatic rings. The Labute approximate surface area is 202 Å². The van der Waals surface area contributed by atoms with Crippen molar-refractivity contribution in [1.82, 2.24) is 10.2 Å². The highest BCUT2D eigenvalue weighted by Crippen LogP contribution is 2.26. The minimum absolute atomic E-state index is 0.0454. The first kappa shape index (κ1) is 24.3. The van der Waals surface area contributed by atoms with E-state index in [0.717, 1.165) is 37.7 Å². The third kappa shape index (κ3) is 5.60. The third-order valence-corrected chi connectivity index (χ3v) is 8.10. The van der Waals surface area contributed by atoms with Crippen LogP contribution in [0.2, 0.25) is 0 Å². The number of nitrogens with zero attached hydrogens (tertiary/aromatic N) is 1. The molecular formula is C26H33N3O4S. The monoisotopic (exact) mass is 483 g/mol. The van der Waals surface area contributed by atoms with E-state index in [9.17, 15) is 18.0 Å². The van der Waals surface area contributed by atoms with Gasteiger partial charge in [0.05, 0.1) is 4.90 Å². The Morgan fingerprint density at radius 1 is 0.971 bits per heavy atom. The molecule has 0 radical (unpaired) electrons. The standard InChI is InChI=1S/C26H33N3O4S/c1-2-15-27-25(30)20-13-16-29(17-14-20)26(31)21-7-10-23(11-8-21)28-34(32,33)24-12-9-19-5-3-4-6-22(19)18-24/h7-12,18,20,28H,2-6,13-17H2,1H3,(H,27,30). The maximum Gasteiger partial charge on any atom is 0.261 e. The summed E-state index contributed by atoms with van der Waals surface area (Å²) in [5, 5.41) is 2.93. The zero-order valence-corrected chi connectivity index (χ0v) is 20.5. The molecule has 34 heavy (non-hydrogen) atoms. The van der Waals surface area contributed by atoms with Crippen molar-refractivity contribution in [2.24, 2.45) is 5.92 Å². The number of sulfonamides is 1. The zero-order chi connectivity index (χ0) is 24.1. The number of fused-ring (bicyclic) bond motifs is 1. The predicted octanol–water partition coefficient (Wildman–Crippen LogP) is 3.74. The molecule has 1 aliphatic heterocycles. The maximum atomic E-state index is 12.9. The lowest BCUT2D eigenvalue weighted by atomic mass is 9.92. The second kappa shape index (κ2) is 10.6. The third-order valence-electron chi connectivity index (χ3n) is 6.72. The molecule has 0 aromatic heterocycles. The number of hydrogen-bond donors (Lipinski definition) is 2. The highest BCUT2D eigenvalue weighted by atomic mass is 32.2. The summed E-state index contributed by atoms with van der Waals surface area (Å²) in [6, 6.07) is 11.9. The number of carbonyl (C=O) groups is 2. The summed E-state index contributed by atoms with van der Waals surface area (Å²) in [5.41, 5.74) is 3.27. The van der Waals surface area contributed by atoms with Crippen LogP contribution >= 0.6 is 0 Å². The van der Waals surface area contributed by atoms with Gasteiger partial charge in [0.25, 0.3) is 15.9 Å². The van der Waals surface area contributed by atoms with Crippen molar-refractivity contribution >= 4 is 27.5 Å². The molecule has 2 aromatic rings. The number of amides is 2. The Bertz CT molecular complexity index is 1140. The summed E-state index contributed by atoms with van der Waals surface area (Å²) in [6.07, 6.45) is 6.36. The number of hydrogen-bond acceptors (Lipinski definition) is 4. The van der Waals surface area contributed by atoms with E-state index < -0.39 is 10.0 Å². The molecule has 0 spiro atoms. The molecule has 2 amide bonds. The molecule has 2 N–H and O–H groups in total. The van der Waals surface area contributed by atoms with Gasteiger partial charge in [-0.2, -0.15) is 0 Å². The van der Waals surface area contributed by atoms with Crippen LogP contribution in [-0.2, 0) is 27.7 Å². The van der Waals surface area contributed by atoms with Crippen LogP contribution < -0.4 is 10.0 Å². The van der Waals surface area contributed by atoms with Gasteiger partial charge in [-0.25, -0.2) is 8.42 Å². The largest absolute Gasteiger partial charge is 0.356 e. The summed E-state index contributed by atoms with van der Waals surface area (Å²) < 4.78 is 28.4. The second-order valence-corrected chi connectivity index (χ2v) is 10.9. The fourth-order valence-corrected chi connectivity index (χ4v) is 5.80. The van der Waals surface area contributed by atoms with Gasteiger partial charge in [0.15, 0.2) is 0 Å². The lowest BCUT2D eigenvalue weighted by Gasteiger charge is -2.31. The lowest BCUT2D eigenvalue weighted by Crippen LogP contribution is -2.43. The molecular weight excluding hydrogens is 450 g/mol. The van der Waals surface area contributed by atoms with E-state index in [1.807, 2.05) is 13.0 Å². The topological polar surface area (TPSA) is 95.6 Å². The van der Waals surface area contributed by atoms with E-state index in [-0.39, 0.29) is 22.6 Å². The van der Waals surface area contributed by atoms with Crippen molar-refractivity contribution in [3.63, 3.8) is 0 Å². The second-order valence-electron chi connectivity index (χ2n) is 9.18. The van der Waals surface area contributed by atoms with E-state index in [1.54, 1.807) is 41.3 Å². The Kier molecular flexibility index (Phi) is 7.56. The molecule has 1 aliphatic carbocycles. The van der Waals surface area contributed by atoms with Crippen molar-refractivity contribution in [3.05, 3.63) is 59.2 Å². The van der Waals surface area contributed by atoms with E-state index in [1.165, 1.54) is 5.56 Å². The van der Waals surface area contributed by atoms with Crippen molar-refractivity contribution in [2.75, 3.05) is 24.4 Å². The van der Waals surface area contributed by atoms with Crippen molar-refractivity contribution in [2.45, 2.75) is 56.8 Å². The predicted molar refractivity (Wildman–Crippen MR) is 132 cm³/mol. The highest BCUT2D eigenvalue weighted by molar-refractivity contribution is 7.92. The summed E-state index contributed by atoms with van der Waals surface area (Å²) in [4.78, 5) is 27.1. The molecule has 0 atom stereocenters. The molecule has 8 heteroatoms. The minimum atomic E-state index is -3.70. The normalized spacial score (nSPS) is 16.6. The van der Waals surface area contributed by atoms with Crippen LogP contribution in [0.5, 0.6) is 0 Å². The average molecular weight is 484 g/mol. The summed E-state index contributed by atoms with van der Waals surface area (Å²) >= 11 is 0. The Balaban J connectivity index is 1.36. The lowest BCUT2D eigenvalue weighted by molar-refractivity contribution is -0.126. The summed E-state index contributed by atoms with van der Waals surface area (Å²) in [5.74, 6) is -0.0722. The zero-order valence-electron chi connectivity index (χ0n) is 19.7. The number of piperidine rings is 1. The number of anilines is 1. The molecule has 0 saturated carbocycles. The fraction of sp³-hybridized carbons (Fsp3) is 0.462. The fourth-order valence-electron chi connectivity index (χ4n) is 4.69. The van der Waals surface area contributed by atoms with Crippen LogP contribution in [-0.4, -0.2) is 44.8 Å². The van der Waals surface area contributed by atoms with Gasteiger partial charge in [-0.15, -0.1) is 0 Å².